The summed E-state index contributed by atoms with van der Waals surface area (Å²) in [5, 5.41) is 3.55. The van der Waals surface area contributed by atoms with Gasteiger partial charge in [0, 0.05) is 37.6 Å². The number of methoxy groups -OCH3 is 1. The topological polar surface area (TPSA) is 33.7 Å². The first-order valence-electron chi connectivity index (χ1n) is 7.07. The van der Waals surface area contributed by atoms with Crippen molar-refractivity contribution in [3.8, 4) is 0 Å². The number of morpholine rings is 1. The summed E-state index contributed by atoms with van der Waals surface area (Å²) in [5.74, 6) is 0. The van der Waals surface area contributed by atoms with Gasteiger partial charge in [0.25, 0.3) is 0 Å². The van der Waals surface area contributed by atoms with Crippen LogP contribution < -0.4 is 10.2 Å². The van der Waals surface area contributed by atoms with E-state index >= 15 is 0 Å². The number of hydrogen-bond donors (Lipinski definition) is 1. The molecule has 1 aromatic carbocycles. The zero-order valence-electron chi connectivity index (χ0n) is 11.5. The van der Waals surface area contributed by atoms with Crippen LogP contribution in [0.2, 0.25) is 0 Å². The van der Waals surface area contributed by atoms with Crippen LogP contribution in [-0.2, 0) is 9.47 Å². The van der Waals surface area contributed by atoms with Crippen LogP contribution in [0.3, 0.4) is 0 Å². The van der Waals surface area contributed by atoms with Crippen molar-refractivity contribution in [2.45, 2.75) is 25.0 Å². The van der Waals surface area contributed by atoms with Gasteiger partial charge in [-0.1, -0.05) is 0 Å². The number of benzene rings is 1. The lowest BCUT2D eigenvalue weighted by atomic mass is 9.89. The zero-order valence-corrected chi connectivity index (χ0v) is 11.5. The molecule has 0 atom stereocenters. The van der Waals surface area contributed by atoms with Crippen LogP contribution in [-0.4, -0.2) is 45.6 Å². The van der Waals surface area contributed by atoms with Crippen molar-refractivity contribution in [2.24, 2.45) is 0 Å². The molecule has 1 saturated heterocycles. The van der Waals surface area contributed by atoms with Gasteiger partial charge in [-0.3, -0.25) is 0 Å². The molecular formula is C15H22N2O2. The van der Waals surface area contributed by atoms with Crippen LogP contribution >= 0.6 is 0 Å². The van der Waals surface area contributed by atoms with Crippen molar-refractivity contribution < 1.29 is 9.47 Å². The largest absolute Gasteiger partial charge is 0.382 e. The Kier molecular flexibility index (Phi) is 3.89. The highest BCUT2D eigenvalue weighted by Gasteiger charge is 2.28. The molecule has 1 N–H and O–H groups in total. The van der Waals surface area contributed by atoms with E-state index in [-0.39, 0.29) is 0 Å². The third kappa shape index (κ3) is 3.01. The Morgan fingerprint density at radius 1 is 1.16 bits per heavy atom. The van der Waals surface area contributed by atoms with Gasteiger partial charge in [0.2, 0.25) is 0 Å². The maximum atomic E-state index is 5.37. The Morgan fingerprint density at radius 2 is 1.84 bits per heavy atom. The summed E-state index contributed by atoms with van der Waals surface area (Å²) in [6.45, 7) is 3.65. The molecule has 0 amide bonds. The molecule has 104 valence electrons. The van der Waals surface area contributed by atoms with E-state index in [0.29, 0.717) is 12.1 Å². The Morgan fingerprint density at radius 3 is 2.47 bits per heavy atom. The van der Waals surface area contributed by atoms with Crippen LogP contribution in [0.15, 0.2) is 24.3 Å². The highest BCUT2D eigenvalue weighted by atomic mass is 16.5. The van der Waals surface area contributed by atoms with Crippen molar-refractivity contribution in [3.63, 3.8) is 0 Å². The average Bonchev–Trinajstić information content (AvgIpc) is 2.44. The van der Waals surface area contributed by atoms with E-state index in [0.717, 1.165) is 39.1 Å². The molecule has 2 fully saturated rings. The fraction of sp³-hybridized carbons (Fsp3) is 0.600. The van der Waals surface area contributed by atoms with Crippen molar-refractivity contribution in [1.29, 1.82) is 0 Å². The molecule has 1 aliphatic carbocycles. The van der Waals surface area contributed by atoms with Crippen LogP contribution in [0.25, 0.3) is 0 Å². The summed E-state index contributed by atoms with van der Waals surface area (Å²) in [6, 6.07) is 9.30. The molecular weight excluding hydrogens is 240 g/mol. The van der Waals surface area contributed by atoms with Crippen LogP contribution in [0.5, 0.6) is 0 Å². The second-order valence-corrected chi connectivity index (χ2v) is 5.32. The number of ether oxygens (including phenoxy) is 2. The molecule has 0 unspecified atom stereocenters. The highest BCUT2D eigenvalue weighted by molar-refractivity contribution is 5.55. The standard InChI is InChI=1S/C15H22N2O2/c1-18-15-10-13(11-15)16-12-2-4-14(5-3-12)17-6-8-19-9-7-17/h2-5,13,15-16H,6-11H2,1H3. The molecule has 2 aliphatic rings. The molecule has 19 heavy (non-hydrogen) atoms. The van der Waals surface area contributed by atoms with E-state index < -0.39 is 0 Å². The fourth-order valence-electron chi connectivity index (χ4n) is 2.70. The SMILES string of the molecule is COC1CC(Nc2ccc(N3CCOCC3)cc2)C1. The van der Waals surface area contributed by atoms with Crippen molar-refractivity contribution in [3.05, 3.63) is 24.3 Å². The Labute approximate surface area is 114 Å². The predicted molar refractivity (Wildman–Crippen MR) is 76.9 cm³/mol. The second kappa shape index (κ2) is 5.80. The zero-order chi connectivity index (χ0) is 13.1. The predicted octanol–water partition coefficient (Wildman–Crippen LogP) is 2.11. The third-order valence-corrected chi connectivity index (χ3v) is 4.04. The molecule has 0 radical (unpaired) electrons. The third-order valence-electron chi connectivity index (χ3n) is 4.04. The molecule has 0 aromatic heterocycles. The molecule has 4 heteroatoms. The first-order chi connectivity index (χ1) is 9.35. The first kappa shape index (κ1) is 12.8. The maximum absolute atomic E-state index is 5.37. The maximum Gasteiger partial charge on any atom is 0.0642 e. The minimum absolute atomic E-state index is 0.449. The number of hydrogen-bond acceptors (Lipinski definition) is 4. The van der Waals surface area contributed by atoms with Crippen LogP contribution in [0, 0.1) is 0 Å². The second-order valence-electron chi connectivity index (χ2n) is 5.32. The molecule has 1 aliphatic heterocycles. The van der Waals surface area contributed by atoms with E-state index in [4.69, 9.17) is 9.47 Å². The van der Waals surface area contributed by atoms with E-state index in [9.17, 15) is 0 Å². The fourth-order valence-corrected chi connectivity index (χ4v) is 2.70. The smallest absolute Gasteiger partial charge is 0.0642 e. The quantitative estimate of drug-likeness (QED) is 0.901. The van der Waals surface area contributed by atoms with Gasteiger partial charge >= 0.3 is 0 Å². The number of nitrogens with zero attached hydrogens (tertiary/aromatic N) is 1. The average molecular weight is 262 g/mol. The summed E-state index contributed by atoms with van der Waals surface area (Å²) in [6.07, 6.45) is 2.67. The van der Waals surface area contributed by atoms with Crippen molar-refractivity contribution >= 4 is 11.4 Å². The highest BCUT2D eigenvalue weighted by Crippen LogP contribution is 2.27. The molecule has 0 spiro atoms. The summed E-state index contributed by atoms with van der Waals surface area (Å²) in [4.78, 5) is 2.37. The van der Waals surface area contributed by atoms with Gasteiger partial charge in [-0.05, 0) is 37.1 Å². The minimum atomic E-state index is 0.449. The van der Waals surface area contributed by atoms with E-state index in [1.807, 2.05) is 0 Å². The number of nitrogens with one attached hydrogen (secondary N) is 1. The lowest BCUT2D eigenvalue weighted by Crippen LogP contribution is -2.40. The Balaban J connectivity index is 1.54. The Bertz CT molecular complexity index is 395. The van der Waals surface area contributed by atoms with Gasteiger partial charge < -0.3 is 19.7 Å². The number of anilines is 2. The number of rotatable bonds is 4. The molecule has 3 rings (SSSR count). The summed E-state index contributed by atoms with van der Waals surface area (Å²) in [5.41, 5.74) is 2.49. The van der Waals surface area contributed by atoms with Crippen LogP contribution in [0.1, 0.15) is 12.8 Å². The summed E-state index contributed by atoms with van der Waals surface area (Å²) < 4.78 is 10.7. The van der Waals surface area contributed by atoms with E-state index in [1.54, 1.807) is 7.11 Å². The van der Waals surface area contributed by atoms with Gasteiger partial charge in [-0.2, -0.15) is 0 Å². The lowest BCUT2D eigenvalue weighted by Gasteiger charge is -2.35. The molecule has 1 aromatic rings. The van der Waals surface area contributed by atoms with Gasteiger partial charge in [-0.25, -0.2) is 0 Å². The first-order valence-corrected chi connectivity index (χ1v) is 7.07. The summed E-state index contributed by atoms with van der Waals surface area (Å²) >= 11 is 0. The van der Waals surface area contributed by atoms with Crippen molar-refractivity contribution in [1.82, 2.24) is 0 Å². The van der Waals surface area contributed by atoms with Gasteiger partial charge in [-0.15, -0.1) is 0 Å². The summed E-state index contributed by atoms with van der Waals surface area (Å²) in [7, 11) is 1.79. The molecule has 0 bridgehead atoms. The molecule has 1 saturated carbocycles. The van der Waals surface area contributed by atoms with E-state index in [1.165, 1.54) is 11.4 Å². The molecule has 4 nitrogen and oxygen atoms in total. The van der Waals surface area contributed by atoms with Crippen LogP contribution in [0.4, 0.5) is 11.4 Å². The van der Waals surface area contributed by atoms with Gasteiger partial charge in [0.15, 0.2) is 0 Å². The minimum Gasteiger partial charge on any atom is -0.382 e. The lowest BCUT2D eigenvalue weighted by molar-refractivity contribution is 0.0329. The normalized spacial score (nSPS) is 26.9. The van der Waals surface area contributed by atoms with E-state index in [2.05, 4.69) is 34.5 Å². The monoisotopic (exact) mass is 262 g/mol. The van der Waals surface area contributed by atoms with Crippen molar-refractivity contribution in [2.75, 3.05) is 43.6 Å². The van der Waals surface area contributed by atoms with Gasteiger partial charge in [0.05, 0.1) is 19.3 Å². The molecule has 1 heterocycles. The van der Waals surface area contributed by atoms with Gasteiger partial charge in [0.1, 0.15) is 0 Å². The Hall–Kier alpha value is -1.26.